The van der Waals surface area contributed by atoms with Gasteiger partial charge in [-0.25, -0.2) is 4.39 Å². The van der Waals surface area contributed by atoms with Gasteiger partial charge in [0.05, 0.1) is 0 Å². The molecule has 1 atom stereocenters. The lowest BCUT2D eigenvalue weighted by atomic mass is 10.1. The van der Waals surface area contributed by atoms with Crippen molar-refractivity contribution in [1.82, 2.24) is 10.2 Å². The summed E-state index contributed by atoms with van der Waals surface area (Å²) >= 11 is 0. The summed E-state index contributed by atoms with van der Waals surface area (Å²) in [5.41, 5.74) is 2.83. The molecule has 0 unspecified atom stereocenters. The average Bonchev–Trinajstić information content (AvgIpc) is 2.70. The van der Waals surface area contributed by atoms with E-state index in [0.717, 1.165) is 29.5 Å². The second-order valence-corrected chi connectivity index (χ2v) is 7.58. The van der Waals surface area contributed by atoms with Crippen LogP contribution in [0.25, 0.3) is 0 Å². The molecule has 2 rings (SSSR count). The van der Waals surface area contributed by atoms with E-state index < -0.39 is 6.04 Å². The molecule has 5 nitrogen and oxygen atoms in total. The van der Waals surface area contributed by atoms with Gasteiger partial charge in [-0.1, -0.05) is 31.5 Å². The molecule has 6 heteroatoms. The first-order chi connectivity index (χ1) is 14.3. The van der Waals surface area contributed by atoms with Crippen LogP contribution in [-0.4, -0.2) is 35.9 Å². The lowest BCUT2D eigenvalue weighted by Gasteiger charge is -2.28. The van der Waals surface area contributed by atoms with Crippen molar-refractivity contribution in [3.63, 3.8) is 0 Å². The molecular formula is C24H31FN2O3. The van der Waals surface area contributed by atoms with Gasteiger partial charge in [0.25, 0.3) is 5.91 Å². The minimum atomic E-state index is -0.678. The summed E-state index contributed by atoms with van der Waals surface area (Å²) in [6, 6.07) is 11.0. The molecule has 2 aromatic rings. The fourth-order valence-electron chi connectivity index (χ4n) is 3.15. The van der Waals surface area contributed by atoms with Crippen LogP contribution < -0.4 is 10.1 Å². The van der Waals surface area contributed by atoms with Crippen molar-refractivity contribution in [2.75, 3.05) is 13.2 Å². The third-order valence-corrected chi connectivity index (χ3v) is 4.82. The molecule has 2 amide bonds. The van der Waals surface area contributed by atoms with Gasteiger partial charge in [0.1, 0.15) is 17.6 Å². The molecule has 0 aliphatic rings. The fourth-order valence-corrected chi connectivity index (χ4v) is 3.15. The molecule has 0 radical (unpaired) electrons. The van der Waals surface area contributed by atoms with Crippen molar-refractivity contribution < 1.29 is 18.7 Å². The van der Waals surface area contributed by atoms with E-state index in [9.17, 15) is 14.0 Å². The van der Waals surface area contributed by atoms with E-state index in [2.05, 4.69) is 5.32 Å². The Bertz CT molecular complexity index is 832. The van der Waals surface area contributed by atoms with Gasteiger partial charge in [-0.3, -0.25) is 9.59 Å². The number of hydrogen-bond acceptors (Lipinski definition) is 3. The molecule has 0 aromatic heterocycles. The van der Waals surface area contributed by atoms with Crippen LogP contribution in [0, 0.1) is 19.7 Å². The number of carbonyl (C=O) groups is 2. The summed E-state index contributed by atoms with van der Waals surface area (Å²) in [6.07, 6.45) is 1.84. The van der Waals surface area contributed by atoms with Gasteiger partial charge in [-0.2, -0.15) is 0 Å². The van der Waals surface area contributed by atoms with Gasteiger partial charge < -0.3 is 15.0 Å². The molecule has 0 saturated heterocycles. The lowest BCUT2D eigenvalue weighted by molar-refractivity contribution is -0.142. The van der Waals surface area contributed by atoms with Crippen LogP contribution in [0.15, 0.2) is 42.5 Å². The van der Waals surface area contributed by atoms with Crippen LogP contribution in [0.4, 0.5) is 4.39 Å². The Kier molecular flexibility index (Phi) is 8.84. The average molecular weight is 415 g/mol. The van der Waals surface area contributed by atoms with Crippen molar-refractivity contribution >= 4 is 11.8 Å². The van der Waals surface area contributed by atoms with Crippen molar-refractivity contribution in [2.45, 2.75) is 53.1 Å². The number of nitrogens with zero attached hydrogens (tertiary/aromatic N) is 1. The molecule has 1 N–H and O–H groups in total. The molecule has 30 heavy (non-hydrogen) atoms. The number of rotatable bonds is 10. The zero-order chi connectivity index (χ0) is 22.1. The molecule has 2 aromatic carbocycles. The van der Waals surface area contributed by atoms with Crippen LogP contribution in [-0.2, 0) is 16.1 Å². The first-order valence-electron chi connectivity index (χ1n) is 10.3. The van der Waals surface area contributed by atoms with E-state index in [1.54, 1.807) is 19.1 Å². The summed E-state index contributed by atoms with van der Waals surface area (Å²) < 4.78 is 19.0. The topological polar surface area (TPSA) is 58.6 Å². The highest BCUT2D eigenvalue weighted by Gasteiger charge is 2.26. The number of hydrogen-bond donors (Lipinski definition) is 1. The Morgan fingerprint density at radius 3 is 2.33 bits per heavy atom. The van der Waals surface area contributed by atoms with Gasteiger partial charge >= 0.3 is 0 Å². The predicted octanol–water partition coefficient (Wildman–Crippen LogP) is 4.15. The van der Waals surface area contributed by atoms with Gasteiger partial charge in [-0.05, 0) is 68.1 Å². The lowest BCUT2D eigenvalue weighted by Crippen LogP contribution is -2.49. The summed E-state index contributed by atoms with van der Waals surface area (Å²) in [6.45, 7) is 8.24. The zero-order valence-electron chi connectivity index (χ0n) is 18.2. The highest BCUT2D eigenvalue weighted by Crippen LogP contribution is 2.17. The number of ether oxygens (including phenoxy) is 1. The van der Waals surface area contributed by atoms with Crippen LogP contribution in [0.3, 0.4) is 0 Å². The SMILES string of the molecule is CCCCNC(=O)[C@@H](C)N(Cc1ccc(F)cc1)C(=O)COc1cc(C)cc(C)c1. The van der Waals surface area contributed by atoms with E-state index in [4.69, 9.17) is 4.74 Å². The molecule has 0 spiro atoms. The zero-order valence-corrected chi connectivity index (χ0v) is 18.2. The van der Waals surface area contributed by atoms with Crippen molar-refractivity contribution in [2.24, 2.45) is 0 Å². The van der Waals surface area contributed by atoms with Gasteiger partial charge in [-0.15, -0.1) is 0 Å². The highest BCUT2D eigenvalue weighted by molar-refractivity contribution is 5.87. The number of amides is 2. The molecular weight excluding hydrogens is 383 g/mol. The Morgan fingerprint density at radius 2 is 1.73 bits per heavy atom. The molecule has 0 aliphatic carbocycles. The van der Waals surface area contributed by atoms with Crippen LogP contribution in [0.5, 0.6) is 5.75 Å². The Hall–Kier alpha value is -2.89. The Balaban J connectivity index is 2.12. The van der Waals surface area contributed by atoms with E-state index in [1.807, 2.05) is 39.0 Å². The third-order valence-electron chi connectivity index (χ3n) is 4.82. The number of benzene rings is 2. The largest absolute Gasteiger partial charge is 0.484 e. The van der Waals surface area contributed by atoms with Gasteiger partial charge in [0.15, 0.2) is 6.61 Å². The summed E-state index contributed by atoms with van der Waals surface area (Å²) in [7, 11) is 0. The summed E-state index contributed by atoms with van der Waals surface area (Å²) in [4.78, 5) is 27.0. The van der Waals surface area contributed by atoms with Crippen LogP contribution in [0.1, 0.15) is 43.4 Å². The smallest absolute Gasteiger partial charge is 0.261 e. The van der Waals surface area contributed by atoms with Gasteiger partial charge in [0, 0.05) is 13.1 Å². The van der Waals surface area contributed by atoms with Crippen molar-refractivity contribution in [3.05, 3.63) is 65.0 Å². The number of nitrogens with one attached hydrogen (secondary N) is 1. The van der Waals surface area contributed by atoms with Crippen LogP contribution >= 0.6 is 0 Å². The normalized spacial score (nSPS) is 11.6. The number of aryl methyl sites for hydroxylation is 2. The van der Waals surface area contributed by atoms with E-state index in [1.165, 1.54) is 17.0 Å². The number of unbranched alkanes of at least 4 members (excludes halogenated alkanes) is 1. The second-order valence-electron chi connectivity index (χ2n) is 7.58. The molecule has 0 heterocycles. The van der Waals surface area contributed by atoms with Gasteiger partial charge in [0.2, 0.25) is 5.91 Å². The quantitative estimate of drug-likeness (QED) is 0.594. The minimum Gasteiger partial charge on any atom is -0.484 e. The van der Waals surface area contributed by atoms with E-state index >= 15 is 0 Å². The van der Waals surface area contributed by atoms with Crippen molar-refractivity contribution in [3.8, 4) is 5.75 Å². The molecule has 0 fully saturated rings. The Labute approximate surface area is 178 Å². The predicted molar refractivity (Wildman–Crippen MR) is 116 cm³/mol. The summed E-state index contributed by atoms with van der Waals surface area (Å²) in [5, 5.41) is 2.87. The first kappa shape index (κ1) is 23.4. The summed E-state index contributed by atoms with van der Waals surface area (Å²) in [5.74, 6) is -0.260. The first-order valence-corrected chi connectivity index (χ1v) is 10.3. The second kappa shape index (κ2) is 11.3. The molecule has 0 saturated carbocycles. The maximum atomic E-state index is 13.3. The molecule has 162 valence electrons. The standard InChI is InChI=1S/C24H31FN2O3/c1-5-6-11-26-24(29)19(4)27(15-20-7-9-21(25)10-8-20)23(28)16-30-22-13-17(2)12-18(3)14-22/h7-10,12-14,19H,5-6,11,15-16H2,1-4H3,(H,26,29)/t19-/m1/s1. The van der Waals surface area contributed by atoms with Crippen molar-refractivity contribution in [1.29, 1.82) is 0 Å². The number of carbonyl (C=O) groups excluding carboxylic acids is 2. The maximum Gasteiger partial charge on any atom is 0.261 e. The Morgan fingerprint density at radius 1 is 1.10 bits per heavy atom. The maximum absolute atomic E-state index is 13.3. The minimum absolute atomic E-state index is 0.184. The molecule has 0 bridgehead atoms. The van der Waals surface area contributed by atoms with E-state index in [0.29, 0.717) is 12.3 Å². The highest BCUT2D eigenvalue weighted by atomic mass is 19.1. The molecule has 0 aliphatic heterocycles. The van der Waals surface area contributed by atoms with Crippen LogP contribution in [0.2, 0.25) is 0 Å². The van der Waals surface area contributed by atoms with E-state index in [-0.39, 0.29) is 30.8 Å². The monoisotopic (exact) mass is 414 g/mol. The fraction of sp³-hybridized carbons (Fsp3) is 0.417. The third kappa shape index (κ3) is 7.17. The number of halogens is 1.